The molecule has 0 saturated carbocycles. The van der Waals surface area contributed by atoms with Crippen molar-refractivity contribution in [1.29, 1.82) is 0 Å². The summed E-state index contributed by atoms with van der Waals surface area (Å²) in [6.07, 6.45) is 96.9. The lowest BCUT2D eigenvalue weighted by molar-refractivity contribution is -0.167. The number of hydrogen-bond donors (Lipinski definition) is 0. The van der Waals surface area contributed by atoms with Crippen LogP contribution in [0.2, 0.25) is 0 Å². The van der Waals surface area contributed by atoms with E-state index >= 15 is 0 Å². The summed E-state index contributed by atoms with van der Waals surface area (Å²) in [6.45, 7) is 6.43. The van der Waals surface area contributed by atoms with Crippen LogP contribution in [0.5, 0.6) is 0 Å². The third-order valence-corrected chi connectivity index (χ3v) is 15.3. The van der Waals surface area contributed by atoms with Crippen molar-refractivity contribution in [1.82, 2.24) is 0 Å². The molecule has 0 bridgehead atoms. The van der Waals surface area contributed by atoms with E-state index in [1.165, 1.54) is 180 Å². The third kappa shape index (κ3) is 68.7. The monoisotopic (exact) mass is 1150 g/mol. The van der Waals surface area contributed by atoms with E-state index in [4.69, 9.17) is 14.2 Å². The zero-order valence-corrected chi connectivity index (χ0v) is 54.7. The van der Waals surface area contributed by atoms with E-state index in [1.807, 2.05) is 0 Å². The summed E-state index contributed by atoms with van der Waals surface area (Å²) in [5.41, 5.74) is 0. The van der Waals surface area contributed by atoms with E-state index in [2.05, 4.69) is 130 Å². The Morgan fingerprint density at radius 2 is 0.470 bits per heavy atom. The van der Waals surface area contributed by atoms with Crippen LogP contribution in [0.4, 0.5) is 0 Å². The number of hydrogen-bond acceptors (Lipinski definition) is 6. The Kier molecular flexibility index (Phi) is 67.2. The predicted molar refractivity (Wildman–Crippen MR) is 362 cm³/mol. The average molecular weight is 1150 g/mol. The first-order chi connectivity index (χ1) is 41.0. The summed E-state index contributed by atoms with van der Waals surface area (Å²) in [7, 11) is 0. The van der Waals surface area contributed by atoms with Gasteiger partial charge in [-0.15, -0.1) is 0 Å². The standard InChI is InChI=1S/C77H132O6/c1-4-7-10-13-16-19-22-25-28-31-33-34-35-36-37-38-39-40-41-42-44-46-49-52-55-58-61-64-67-70-76(79)82-73-74(72-81-75(78)69-66-63-60-57-54-51-48-45-30-27-24-21-18-15-12-9-6-3)83-77(80)71-68-65-62-59-56-53-50-47-43-32-29-26-23-20-17-14-11-8-5-2/h7-8,10-11,16-17,19-20,25-26,28-29,33-34,43,47,53,56,74H,4-6,9,12-15,18,21-24,27,30-32,35-42,44-46,48-52,54-55,57-73H2,1-3H3/b10-7-,11-8-,19-16-,20-17-,28-25-,29-26-,34-33-,47-43-,56-53-. The molecule has 0 radical (unpaired) electrons. The van der Waals surface area contributed by atoms with Crippen molar-refractivity contribution in [3.63, 3.8) is 0 Å². The summed E-state index contributed by atoms with van der Waals surface area (Å²) in [5.74, 6) is -0.903. The molecule has 476 valence electrons. The molecule has 0 aromatic rings. The van der Waals surface area contributed by atoms with Gasteiger partial charge in [-0.1, -0.05) is 329 Å². The van der Waals surface area contributed by atoms with Gasteiger partial charge in [-0.2, -0.15) is 0 Å². The van der Waals surface area contributed by atoms with E-state index in [9.17, 15) is 14.4 Å². The summed E-state index contributed by atoms with van der Waals surface area (Å²) in [4.78, 5) is 38.5. The summed E-state index contributed by atoms with van der Waals surface area (Å²) in [6, 6.07) is 0. The lowest BCUT2D eigenvalue weighted by Gasteiger charge is -2.18. The molecule has 0 heterocycles. The molecule has 0 aliphatic carbocycles. The number of carbonyl (C=O) groups is 3. The van der Waals surface area contributed by atoms with Gasteiger partial charge in [0.2, 0.25) is 0 Å². The van der Waals surface area contributed by atoms with Crippen LogP contribution in [0.25, 0.3) is 0 Å². The lowest BCUT2D eigenvalue weighted by atomic mass is 10.0. The minimum Gasteiger partial charge on any atom is -0.462 e. The number of rotatable bonds is 64. The van der Waals surface area contributed by atoms with Gasteiger partial charge in [0.25, 0.3) is 0 Å². The molecule has 0 N–H and O–H groups in total. The van der Waals surface area contributed by atoms with Gasteiger partial charge in [-0.3, -0.25) is 14.4 Å². The maximum absolute atomic E-state index is 12.9. The Morgan fingerprint density at radius 1 is 0.253 bits per heavy atom. The topological polar surface area (TPSA) is 78.9 Å². The molecule has 0 rings (SSSR count). The Bertz CT molecular complexity index is 1660. The number of unbranched alkanes of at least 4 members (excludes halogenated alkanes) is 35. The highest BCUT2D eigenvalue weighted by molar-refractivity contribution is 5.71. The van der Waals surface area contributed by atoms with E-state index in [1.54, 1.807) is 0 Å². The van der Waals surface area contributed by atoms with Crippen LogP contribution < -0.4 is 0 Å². The molecule has 0 aromatic heterocycles. The lowest BCUT2D eigenvalue weighted by Crippen LogP contribution is -2.30. The van der Waals surface area contributed by atoms with Gasteiger partial charge >= 0.3 is 17.9 Å². The van der Waals surface area contributed by atoms with Gasteiger partial charge < -0.3 is 14.2 Å². The summed E-state index contributed by atoms with van der Waals surface area (Å²) < 4.78 is 17.0. The third-order valence-electron chi connectivity index (χ3n) is 15.3. The molecule has 0 saturated heterocycles. The maximum Gasteiger partial charge on any atom is 0.306 e. The van der Waals surface area contributed by atoms with Crippen molar-refractivity contribution >= 4 is 17.9 Å². The zero-order chi connectivity index (χ0) is 59.9. The number of esters is 3. The Balaban J connectivity index is 4.32. The first-order valence-corrected chi connectivity index (χ1v) is 35.4. The normalized spacial score (nSPS) is 12.8. The molecule has 1 atom stereocenters. The first-order valence-electron chi connectivity index (χ1n) is 35.4. The fourth-order valence-electron chi connectivity index (χ4n) is 10.1. The molecule has 1 unspecified atom stereocenters. The Hall–Kier alpha value is -3.93. The Morgan fingerprint density at radius 3 is 0.747 bits per heavy atom. The molecular formula is C77H132O6. The van der Waals surface area contributed by atoms with Gasteiger partial charge in [0, 0.05) is 19.3 Å². The number of allylic oxidation sites excluding steroid dienone is 18. The predicted octanol–water partition coefficient (Wildman–Crippen LogP) is 24.6. The summed E-state index contributed by atoms with van der Waals surface area (Å²) >= 11 is 0. The maximum atomic E-state index is 12.9. The van der Waals surface area contributed by atoms with E-state index in [0.29, 0.717) is 19.3 Å². The second kappa shape index (κ2) is 70.6. The van der Waals surface area contributed by atoms with Crippen LogP contribution in [0.1, 0.15) is 342 Å². The molecule has 0 fully saturated rings. The first kappa shape index (κ1) is 79.1. The minimum absolute atomic E-state index is 0.0878. The largest absolute Gasteiger partial charge is 0.462 e. The zero-order valence-electron chi connectivity index (χ0n) is 54.7. The fraction of sp³-hybridized carbons (Fsp3) is 0.727. The van der Waals surface area contributed by atoms with E-state index in [-0.39, 0.29) is 31.1 Å². The number of ether oxygens (including phenoxy) is 3. The summed E-state index contributed by atoms with van der Waals surface area (Å²) in [5, 5.41) is 0. The van der Waals surface area contributed by atoms with Crippen molar-refractivity contribution in [2.75, 3.05) is 13.2 Å². The van der Waals surface area contributed by atoms with Crippen LogP contribution >= 0.6 is 0 Å². The second-order valence-electron chi connectivity index (χ2n) is 23.4. The number of carbonyl (C=O) groups excluding carboxylic acids is 3. The van der Waals surface area contributed by atoms with Crippen molar-refractivity contribution in [2.24, 2.45) is 0 Å². The van der Waals surface area contributed by atoms with Crippen molar-refractivity contribution in [2.45, 2.75) is 348 Å². The average Bonchev–Trinajstić information content (AvgIpc) is 3.49. The second-order valence-corrected chi connectivity index (χ2v) is 23.4. The minimum atomic E-state index is -0.796. The SMILES string of the molecule is CC/C=C\C/C=C\C/C=C\C/C=C\C/C=C\CCCCCC(=O)OC(COC(=O)CCCCCCCCCCCCCCCCCCC)COC(=O)CCCCCCCCCCCCCCCCCC/C=C\C/C=C\C/C=C\C/C=C\CC. The van der Waals surface area contributed by atoms with Crippen molar-refractivity contribution < 1.29 is 28.6 Å². The van der Waals surface area contributed by atoms with E-state index in [0.717, 1.165) is 122 Å². The molecule has 0 aliphatic heterocycles. The smallest absolute Gasteiger partial charge is 0.306 e. The van der Waals surface area contributed by atoms with E-state index < -0.39 is 6.10 Å². The van der Waals surface area contributed by atoms with Gasteiger partial charge in [-0.05, 0) is 103 Å². The van der Waals surface area contributed by atoms with Crippen LogP contribution in [-0.4, -0.2) is 37.2 Å². The molecule has 83 heavy (non-hydrogen) atoms. The van der Waals surface area contributed by atoms with Gasteiger partial charge in [-0.25, -0.2) is 0 Å². The van der Waals surface area contributed by atoms with Crippen LogP contribution in [0.15, 0.2) is 109 Å². The molecular weight excluding hydrogens is 1020 g/mol. The van der Waals surface area contributed by atoms with Crippen molar-refractivity contribution in [3.05, 3.63) is 109 Å². The molecule has 0 aromatic carbocycles. The Labute approximate surface area is 514 Å². The van der Waals surface area contributed by atoms with Crippen molar-refractivity contribution in [3.8, 4) is 0 Å². The highest BCUT2D eigenvalue weighted by atomic mass is 16.6. The molecule has 6 heteroatoms. The molecule has 6 nitrogen and oxygen atoms in total. The van der Waals surface area contributed by atoms with Crippen LogP contribution in [0, 0.1) is 0 Å². The molecule has 0 spiro atoms. The quantitative estimate of drug-likeness (QED) is 0.0261. The van der Waals surface area contributed by atoms with Crippen LogP contribution in [0.3, 0.4) is 0 Å². The van der Waals surface area contributed by atoms with Gasteiger partial charge in [0.05, 0.1) is 0 Å². The van der Waals surface area contributed by atoms with Gasteiger partial charge in [0.15, 0.2) is 6.10 Å². The fourth-order valence-corrected chi connectivity index (χ4v) is 10.1. The van der Waals surface area contributed by atoms with Gasteiger partial charge in [0.1, 0.15) is 13.2 Å². The highest BCUT2D eigenvalue weighted by Gasteiger charge is 2.19. The van der Waals surface area contributed by atoms with Crippen LogP contribution in [-0.2, 0) is 28.6 Å². The molecule has 0 amide bonds. The highest BCUT2D eigenvalue weighted by Crippen LogP contribution is 2.18. The molecule has 0 aliphatic rings.